The molecule has 1 atom stereocenters. The van der Waals surface area contributed by atoms with Gasteiger partial charge in [-0.05, 0) is 31.2 Å². The van der Waals surface area contributed by atoms with Crippen LogP contribution >= 0.6 is 12.6 Å². The second-order valence-corrected chi connectivity index (χ2v) is 6.92. The highest BCUT2D eigenvalue weighted by Crippen LogP contribution is 2.09. The van der Waals surface area contributed by atoms with Crippen LogP contribution in [-0.4, -0.2) is 8.76 Å². The number of aryl methyl sites for hydroxylation is 1. The van der Waals surface area contributed by atoms with Crippen molar-refractivity contribution in [2.75, 3.05) is 0 Å². The monoisotopic (exact) mass is 298 g/mol. The highest BCUT2D eigenvalue weighted by molar-refractivity contribution is 8.29. The quantitative estimate of drug-likeness (QED) is 0.791. The Kier molecular flexibility index (Phi) is 5.81. The molecular formula is C13H14O2S3. The third kappa shape index (κ3) is 5.64. The normalized spacial score (nSPS) is 13.1. The summed E-state index contributed by atoms with van der Waals surface area (Å²) in [7, 11) is -3.19. The Balaban J connectivity index is 0.000000199. The fourth-order valence-electron chi connectivity index (χ4n) is 1.14. The lowest BCUT2D eigenvalue weighted by Gasteiger charge is -1.98. The van der Waals surface area contributed by atoms with Crippen LogP contribution in [-0.2, 0) is 20.0 Å². The zero-order chi connectivity index (χ0) is 13.6. The van der Waals surface area contributed by atoms with E-state index in [-0.39, 0.29) is 0 Å². The smallest absolute Gasteiger partial charge is 0.171 e. The van der Waals surface area contributed by atoms with Crippen LogP contribution in [0.5, 0.6) is 0 Å². The van der Waals surface area contributed by atoms with E-state index >= 15 is 0 Å². The molecular weight excluding hydrogens is 284 g/mol. The molecule has 2 rings (SSSR count). The molecule has 0 saturated carbocycles. The number of rotatable bonds is 1. The lowest BCUT2D eigenvalue weighted by Crippen LogP contribution is -1.95. The summed E-state index contributed by atoms with van der Waals surface area (Å²) in [4.78, 5) is 1.32. The van der Waals surface area contributed by atoms with Crippen molar-refractivity contribution >= 4 is 32.6 Å². The maximum atomic E-state index is 10.9. The van der Waals surface area contributed by atoms with Gasteiger partial charge >= 0.3 is 0 Å². The van der Waals surface area contributed by atoms with Gasteiger partial charge in [0.1, 0.15) is 0 Å². The van der Waals surface area contributed by atoms with E-state index in [9.17, 15) is 4.21 Å². The van der Waals surface area contributed by atoms with Crippen LogP contribution in [0.3, 0.4) is 0 Å². The van der Waals surface area contributed by atoms with Crippen LogP contribution in [0.1, 0.15) is 5.56 Å². The van der Waals surface area contributed by atoms with Gasteiger partial charge in [-0.15, -0.1) is 12.6 Å². The number of hydrogen-bond acceptors (Lipinski definition) is 3. The largest absolute Gasteiger partial charge is 0.302 e. The van der Waals surface area contributed by atoms with Crippen molar-refractivity contribution < 1.29 is 8.76 Å². The van der Waals surface area contributed by atoms with Crippen LogP contribution in [0.4, 0.5) is 0 Å². The molecule has 2 nitrogen and oxygen atoms in total. The SMILES string of the molecule is Cc1ccc(S(=O)(O)=S)cc1.Sc1ccccc1. The first kappa shape index (κ1) is 15.2. The van der Waals surface area contributed by atoms with Crippen molar-refractivity contribution in [1.82, 2.24) is 0 Å². The average Bonchev–Trinajstić information content (AvgIpc) is 2.30. The van der Waals surface area contributed by atoms with E-state index < -0.39 is 8.77 Å². The molecule has 0 bridgehead atoms. The van der Waals surface area contributed by atoms with Gasteiger partial charge in [0.05, 0.1) is 4.90 Å². The molecule has 2 aromatic carbocycles. The van der Waals surface area contributed by atoms with Crippen LogP contribution in [0.15, 0.2) is 64.4 Å². The van der Waals surface area contributed by atoms with Crippen molar-refractivity contribution in [2.45, 2.75) is 16.7 Å². The molecule has 0 aliphatic rings. The fourth-order valence-corrected chi connectivity index (χ4v) is 2.12. The first-order chi connectivity index (χ1) is 8.39. The van der Waals surface area contributed by atoms with E-state index in [1.807, 2.05) is 37.3 Å². The molecule has 0 spiro atoms. The maximum Gasteiger partial charge on any atom is 0.171 e. The van der Waals surface area contributed by atoms with Crippen LogP contribution < -0.4 is 0 Å². The molecule has 0 saturated heterocycles. The van der Waals surface area contributed by atoms with Gasteiger partial charge in [-0.1, -0.05) is 35.9 Å². The van der Waals surface area contributed by atoms with Gasteiger partial charge < -0.3 is 4.55 Å². The third-order valence-corrected chi connectivity index (χ3v) is 3.82. The van der Waals surface area contributed by atoms with E-state index in [1.54, 1.807) is 24.3 Å². The van der Waals surface area contributed by atoms with Crippen LogP contribution in [0.25, 0.3) is 0 Å². The van der Waals surface area contributed by atoms with Gasteiger partial charge in [-0.3, -0.25) is 0 Å². The number of thiol groups is 1. The maximum absolute atomic E-state index is 10.9. The molecule has 1 N–H and O–H groups in total. The zero-order valence-electron chi connectivity index (χ0n) is 9.82. The van der Waals surface area contributed by atoms with E-state index in [2.05, 4.69) is 23.8 Å². The summed E-state index contributed by atoms with van der Waals surface area (Å²) in [5.74, 6) is 0. The molecule has 0 radical (unpaired) electrons. The highest BCUT2D eigenvalue weighted by atomic mass is 32.8. The summed E-state index contributed by atoms with van der Waals surface area (Å²) in [5.41, 5.74) is 1.05. The van der Waals surface area contributed by atoms with E-state index in [0.717, 1.165) is 10.5 Å². The first-order valence-corrected chi connectivity index (χ1v) is 8.06. The summed E-state index contributed by atoms with van der Waals surface area (Å²) < 4.78 is 19.8. The summed E-state index contributed by atoms with van der Waals surface area (Å²) in [5, 5.41) is 0. The Hall–Kier alpha value is -0.880. The van der Waals surface area contributed by atoms with Crippen molar-refractivity contribution in [3.8, 4) is 0 Å². The Labute approximate surface area is 118 Å². The van der Waals surface area contributed by atoms with Gasteiger partial charge in [0.2, 0.25) is 0 Å². The third-order valence-electron chi connectivity index (χ3n) is 2.08. The van der Waals surface area contributed by atoms with E-state index in [0.29, 0.717) is 4.90 Å². The lowest BCUT2D eigenvalue weighted by atomic mass is 10.2. The summed E-state index contributed by atoms with van der Waals surface area (Å²) in [6, 6.07) is 16.5. The standard InChI is InChI=1S/C7H8O2S2.C6H6S/c1-6-2-4-7(5-3-6)11(8,9)10;7-6-4-2-1-3-5-6/h2-5H,1H3,(H,8,9,10);1-5,7H. The minimum Gasteiger partial charge on any atom is -0.302 e. The predicted molar refractivity (Wildman–Crippen MR) is 81.3 cm³/mol. The molecule has 0 aromatic heterocycles. The Morgan fingerprint density at radius 1 is 1.06 bits per heavy atom. The molecule has 2 aromatic rings. The molecule has 0 aliphatic carbocycles. The fraction of sp³-hybridized carbons (Fsp3) is 0.0769. The summed E-state index contributed by atoms with van der Waals surface area (Å²) >= 11 is 8.46. The minimum atomic E-state index is -3.19. The van der Waals surface area contributed by atoms with Crippen molar-refractivity contribution in [3.63, 3.8) is 0 Å². The highest BCUT2D eigenvalue weighted by Gasteiger charge is 2.02. The van der Waals surface area contributed by atoms with E-state index in [4.69, 9.17) is 4.55 Å². The summed E-state index contributed by atoms with van der Waals surface area (Å²) in [6.07, 6.45) is 0. The van der Waals surface area contributed by atoms with Gasteiger partial charge in [0.15, 0.2) is 8.77 Å². The molecule has 5 heteroatoms. The van der Waals surface area contributed by atoms with E-state index in [1.165, 1.54) is 0 Å². The second kappa shape index (κ2) is 6.89. The average molecular weight is 298 g/mol. The Bertz CT molecular complexity index is 575. The topological polar surface area (TPSA) is 37.3 Å². The Morgan fingerprint density at radius 2 is 1.56 bits per heavy atom. The molecule has 0 amide bonds. The van der Waals surface area contributed by atoms with Crippen LogP contribution in [0.2, 0.25) is 0 Å². The van der Waals surface area contributed by atoms with Crippen molar-refractivity contribution in [3.05, 3.63) is 60.2 Å². The van der Waals surface area contributed by atoms with Crippen molar-refractivity contribution in [1.29, 1.82) is 0 Å². The molecule has 18 heavy (non-hydrogen) atoms. The van der Waals surface area contributed by atoms with Gasteiger partial charge in [-0.25, -0.2) is 4.21 Å². The second-order valence-electron chi connectivity index (χ2n) is 3.62. The minimum absolute atomic E-state index is 0.304. The Morgan fingerprint density at radius 3 is 1.89 bits per heavy atom. The molecule has 1 unspecified atom stereocenters. The number of hydrogen-bond donors (Lipinski definition) is 2. The molecule has 0 fully saturated rings. The predicted octanol–water partition coefficient (Wildman–Crippen LogP) is 3.55. The summed E-state index contributed by atoms with van der Waals surface area (Å²) in [6.45, 7) is 1.91. The molecule has 0 aliphatic heterocycles. The van der Waals surface area contributed by atoms with Gasteiger partial charge in [0, 0.05) is 16.1 Å². The van der Waals surface area contributed by atoms with Crippen molar-refractivity contribution in [2.24, 2.45) is 0 Å². The molecule has 96 valence electrons. The number of benzene rings is 2. The first-order valence-electron chi connectivity index (χ1n) is 5.18. The van der Waals surface area contributed by atoms with Gasteiger partial charge in [-0.2, -0.15) is 0 Å². The van der Waals surface area contributed by atoms with Crippen LogP contribution in [0, 0.1) is 6.92 Å². The van der Waals surface area contributed by atoms with Gasteiger partial charge in [0.25, 0.3) is 0 Å². The zero-order valence-corrected chi connectivity index (χ0v) is 12.3. The molecule has 0 heterocycles. The lowest BCUT2D eigenvalue weighted by molar-refractivity contribution is 0.561.